The van der Waals surface area contributed by atoms with E-state index in [4.69, 9.17) is 4.74 Å². The van der Waals surface area contributed by atoms with Gasteiger partial charge >= 0.3 is 5.97 Å². The number of hydrogen-bond acceptors (Lipinski definition) is 3. The lowest BCUT2D eigenvalue weighted by Gasteiger charge is -1.95. The molecule has 80 valence electrons. The van der Waals surface area contributed by atoms with Gasteiger partial charge in [-0.05, 0) is 19.9 Å². The van der Waals surface area contributed by atoms with Gasteiger partial charge < -0.3 is 4.74 Å². The Hall–Kier alpha value is -1.32. The standard InChI is InChI=1S/C8H12N2O2.C2H6/c1-4-12-8(11)7-5-6(2)10(3)9-7;1-2/h5H,4H2,1-3H3;1-2H3. The molecule has 0 aliphatic rings. The van der Waals surface area contributed by atoms with Gasteiger partial charge in [0, 0.05) is 12.7 Å². The van der Waals surface area contributed by atoms with Crippen molar-refractivity contribution in [3.05, 3.63) is 17.5 Å². The van der Waals surface area contributed by atoms with Crippen LogP contribution in [0.15, 0.2) is 6.07 Å². The Morgan fingerprint density at radius 1 is 1.57 bits per heavy atom. The maximum Gasteiger partial charge on any atom is 0.358 e. The van der Waals surface area contributed by atoms with Crippen molar-refractivity contribution < 1.29 is 9.53 Å². The summed E-state index contributed by atoms with van der Waals surface area (Å²) in [4.78, 5) is 11.1. The number of nitrogens with zero attached hydrogens (tertiary/aromatic N) is 2. The van der Waals surface area contributed by atoms with E-state index in [1.165, 1.54) is 0 Å². The first-order valence-electron chi connectivity index (χ1n) is 4.83. The minimum atomic E-state index is -0.360. The van der Waals surface area contributed by atoms with Crippen LogP contribution in [0.5, 0.6) is 0 Å². The molecule has 0 saturated heterocycles. The Morgan fingerprint density at radius 3 is 2.50 bits per heavy atom. The molecule has 1 rings (SSSR count). The topological polar surface area (TPSA) is 44.1 Å². The molecule has 14 heavy (non-hydrogen) atoms. The molecule has 4 nitrogen and oxygen atoms in total. The van der Waals surface area contributed by atoms with Crippen LogP contribution in [0, 0.1) is 6.92 Å². The molecule has 0 atom stereocenters. The summed E-state index contributed by atoms with van der Waals surface area (Å²) in [6.07, 6.45) is 0. The number of carbonyl (C=O) groups is 1. The molecule has 0 bridgehead atoms. The molecule has 1 heterocycles. The SMILES string of the molecule is CC.CCOC(=O)c1cc(C)n(C)n1. The van der Waals surface area contributed by atoms with Crippen molar-refractivity contribution in [3.63, 3.8) is 0 Å². The molecular weight excluding hydrogens is 180 g/mol. The molecule has 0 N–H and O–H groups in total. The first-order chi connectivity index (χ1) is 6.65. The number of esters is 1. The number of rotatable bonds is 2. The van der Waals surface area contributed by atoms with Gasteiger partial charge in [0.25, 0.3) is 0 Å². The van der Waals surface area contributed by atoms with Crippen LogP contribution in [-0.2, 0) is 11.8 Å². The van der Waals surface area contributed by atoms with Gasteiger partial charge in [-0.15, -0.1) is 0 Å². The summed E-state index contributed by atoms with van der Waals surface area (Å²) in [7, 11) is 1.79. The first kappa shape index (κ1) is 12.7. The van der Waals surface area contributed by atoms with Gasteiger partial charge in [0.05, 0.1) is 6.61 Å². The quantitative estimate of drug-likeness (QED) is 0.682. The fraction of sp³-hybridized carbons (Fsp3) is 0.600. The van der Waals surface area contributed by atoms with Gasteiger partial charge in [-0.3, -0.25) is 4.68 Å². The molecule has 0 aromatic carbocycles. The second kappa shape index (κ2) is 6.18. The van der Waals surface area contributed by atoms with Gasteiger partial charge in [0.1, 0.15) is 0 Å². The maximum atomic E-state index is 11.1. The van der Waals surface area contributed by atoms with E-state index >= 15 is 0 Å². The highest BCUT2D eigenvalue weighted by Crippen LogP contribution is 2.02. The summed E-state index contributed by atoms with van der Waals surface area (Å²) >= 11 is 0. The van der Waals surface area contributed by atoms with Gasteiger partial charge in [0.2, 0.25) is 0 Å². The third-order valence-corrected chi connectivity index (χ3v) is 1.60. The van der Waals surface area contributed by atoms with Crippen LogP contribution >= 0.6 is 0 Å². The molecule has 0 amide bonds. The molecule has 0 spiro atoms. The number of aromatic nitrogens is 2. The van der Waals surface area contributed by atoms with E-state index < -0.39 is 0 Å². The van der Waals surface area contributed by atoms with E-state index in [1.54, 1.807) is 24.7 Å². The van der Waals surface area contributed by atoms with Crippen LogP contribution in [0.3, 0.4) is 0 Å². The molecule has 0 fully saturated rings. The Labute approximate surface area is 84.9 Å². The lowest BCUT2D eigenvalue weighted by atomic mass is 10.4. The highest BCUT2D eigenvalue weighted by Gasteiger charge is 2.10. The third-order valence-electron chi connectivity index (χ3n) is 1.60. The molecule has 4 heteroatoms. The zero-order valence-electron chi connectivity index (χ0n) is 9.50. The summed E-state index contributed by atoms with van der Waals surface area (Å²) in [5, 5.41) is 3.97. The van der Waals surface area contributed by atoms with Gasteiger partial charge in [-0.1, -0.05) is 13.8 Å². The number of aryl methyl sites for hydroxylation is 2. The summed E-state index contributed by atoms with van der Waals surface area (Å²) in [5.74, 6) is -0.360. The Kier molecular flexibility index (Phi) is 5.60. The normalized spacial score (nSPS) is 8.93. The number of ether oxygens (including phenoxy) is 1. The second-order valence-electron chi connectivity index (χ2n) is 2.52. The molecule has 0 radical (unpaired) electrons. The van der Waals surface area contributed by atoms with E-state index in [2.05, 4.69) is 5.10 Å². The van der Waals surface area contributed by atoms with Crippen molar-refractivity contribution >= 4 is 5.97 Å². The predicted molar refractivity (Wildman–Crippen MR) is 55.2 cm³/mol. The lowest BCUT2D eigenvalue weighted by molar-refractivity contribution is 0.0518. The van der Waals surface area contributed by atoms with Crippen molar-refractivity contribution in [2.45, 2.75) is 27.7 Å². The summed E-state index contributed by atoms with van der Waals surface area (Å²) in [6.45, 7) is 8.04. The van der Waals surface area contributed by atoms with E-state index in [-0.39, 0.29) is 5.97 Å². The molecule has 0 aliphatic carbocycles. The van der Waals surface area contributed by atoms with Gasteiger partial charge in [-0.2, -0.15) is 5.10 Å². The summed E-state index contributed by atoms with van der Waals surface area (Å²) < 4.78 is 6.43. The maximum absolute atomic E-state index is 11.1. The van der Waals surface area contributed by atoms with E-state index in [9.17, 15) is 4.79 Å². The van der Waals surface area contributed by atoms with Crippen molar-refractivity contribution in [2.24, 2.45) is 7.05 Å². The van der Waals surface area contributed by atoms with Crippen molar-refractivity contribution in [3.8, 4) is 0 Å². The van der Waals surface area contributed by atoms with E-state index in [0.717, 1.165) is 5.69 Å². The third kappa shape index (κ3) is 3.20. The average molecular weight is 198 g/mol. The molecule has 0 aliphatic heterocycles. The van der Waals surface area contributed by atoms with Crippen LogP contribution in [-0.4, -0.2) is 22.4 Å². The van der Waals surface area contributed by atoms with Crippen molar-refractivity contribution in [1.29, 1.82) is 0 Å². The first-order valence-corrected chi connectivity index (χ1v) is 4.83. The minimum absolute atomic E-state index is 0.360. The van der Waals surface area contributed by atoms with E-state index in [1.807, 2.05) is 20.8 Å². The predicted octanol–water partition coefficient (Wildman–Crippen LogP) is 1.93. The number of carbonyl (C=O) groups excluding carboxylic acids is 1. The van der Waals surface area contributed by atoms with Crippen molar-refractivity contribution in [2.75, 3.05) is 6.61 Å². The van der Waals surface area contributed by atoms with Crippen LogP contribution in [0.2, 0.25) is 0 Å². The monoisotopic (exact) mass is 198 g/mol. The van der Waals surface area contributed by atoms with Gasteiger partial charge in [-0.25, -0.2) is 4.79 Å². The average Bonchev–Trinajstić information content (AvgIpc) is 2.51. The van der Waals surface area contributed by atoms with Crippen LogP contribution in [0.1, 0.15) is 37.0 Å². The van der Waals surface area contributed by atoms with Gasteiger partial charge in [0.15, 0.2) is 5.69 Å². The minimum Gasteiger partial charge on any atom is -0.461 e. The molecule has 1 aromatic rings. The van der Waals surface area contributed by atoms with E-state index in [0.29, 0.717) is 12.3 Å². The fourth-order valence-corrected chi connectivity index (χ4v) is 0.865. The van der Waals surface area contributed by atoms with Crippen LogP contribution in [0.25, 0.3) is 0 Å². The molecule has 0 unspecified atom stereocenters. The highest BCUT2D eigenvalue weighted by atomic mass is 16.5. The summed E-state index contributed by atoms with van der Waals surface area (Å²) in [6, 6.07) is 1.71. The zero-order chi connectivity index (χ0) is 11.1. The molecule has 1 aromatic heterocycles. The summed E-state index contributed by atoms with van der Waals surface area (Å²) in [5.41, 5.74) is 1.31. The molecule has 0 saturated carbocycles. The number of hydrogen-bond donors (Lipinski definition) is 0. The van der Waals surface area contributed by atoms with Crippen LogP contribution < -0.4 is 0 Å². The zero-order valence-corrected chi connectivity index (χ0v) is 9.50. The fourth-order valence-electron chi connectivity index (χ4n) is 0.865. The largest absolute Gasteiger partial charge is 0.461 e. The highest BCUT2D eigenvalue weighted by molar-refractivity contribution is 5.87. The second-order valence-corrected chi connectivity index (χ2v) is 2.52. The van der Waals surface area contributed by atoms with Crippen LogP contribution in [0.4, 0.5) is 0 Å². The Morgan fingerprint density at radius 2 is 2.14 bits per heavy atom. The van der Waals surface area contributed by atoms with Crippen molar-refractivity contribution in [1.82, 2.24) is 9.78 Å². The Bertz CT molecular complexity index is 273. The molecular formula is C10H18N2O2. The lowest BCUT2D eigenvalue weighted by Crippen LogP contribution is -2.05. The smallest absolute Gasteiger partial charge is 0.358 e. The Balaban J connectivity index is 0.000000791.